The first-order valence-corrected chi connectivity index (χ1v) is 7.90. The molecule has 1 aromatic carbocycles. The van der Waals surface area contributed by atoms with Crippen LogP contribution in [0.25, 0.3) is 0 Å². The van der Waals surface area contributed by atoms with Crippen LogP contribution in [0.3, 0.4) is 0 Å². The van der Waals surface area contributed by atoms with Gasteiger partial charge in [0.05, 0.1) is 0 Å². The lowest BCUT2D eigenvalue weighted by Crippen LogP contribution is -2.26. The molecule has 1 fully saturated rings. The highest BCUT2D eigenvalue weighted by Crippen LogP contribution is 2.40. The Morgan fingerprint density at radius 2 is 1.95 bits per heavy atom. The first-order chi connectivity index (χ1) is 10.0. The van der Waals surface area contributed by atoms with Gasteiger partial charge >= 0.3 is 6.18 Å². The van der Waals surface area contributed by atoms with Gasteiger partial charge in [-0.15, -0.1) is 0 Å². The smallest absolute Gasteiger partial charge is 0.310 e. The van der Waals surface area contributed by atoms with E-state index in [4.69, 9.17) is 0 Å². The third-order valence-electron chi connectivity index (χ3n) is 4.27. The molecule has 1 atom stereocenters. The van der Waals surface area contributed by atoms with Crippen molar-refractivity contribution in [1.82, 2.24) is 5.32 Å². The minimum atomic E-state index is -4.09. The Kier molecular flexibility index (Phi) is 5.68. The molecule has 0 bridgehead atoms. The summed E-state index contributed by atoms with van der Waals surface area (Å²) in [6, 6.07) is 7.83. The van der Waals surface area contributed by atoms with Gasteiger partial charge in [-0.25, -0.2) is 0 Å². The van der Waals surface area contributed by atoms with Gasteiger partial charge in [0.25, 0.3) is 0 Å². The molecule has 0 radical (unpaired) electrons. The summed E-state index contributed by atoms with van der Waals surface area (Å²) in [4.78, 5) is 0. The van der Waals surface area contributed by atoms with Crippen molar-refractivity contribution >= 4 is 0 Å². The van der Waals surface area contributed by atoms with Crippen LogP contribution < -0.4 is 5.32 Å². The number of hydrogen-bond acceptors (Lipinski definition) is 1. The van der Waals surface area contributed by atoms with E-state index < -0.39 is 12.6 Å². The molecule has 4 heteroatoms. The first-order valence-electron chi connectivity index (χ1n) is 7.90. The standard InChI is InChI=1S/C17H24F3N/c1-2-12-21-16(10-11-17(18,19)20)15-9-4-3-8-14(15)13-6-5-7-13/h3-4,8-9,13,16,21H,2,5-7,10-12H2,1H3. The van der Waals surface area contributed by atoms with Crippen LogP contribution in [-0.4, -0.2) is 12.7 Å². The van der Waals surface area contributed by atoms with E-state index in [9.17, 15) is 13.2 Å². The molecule has 0 aliphatic heterocycles. The summed E-state index contributed by atoms with van der Waals surface area (Å²) in [6.07, 6.45) is -0.214. The molecule has 118 valence electrons. The zero-order chi connectivity index (χ0) is 15.3. The van der Waals surface area contributed by atoms with Crippen LogP contribution in [0.15, 0.2) is 24.3 Å². The lowest BCUT2D eigenvalue weighted by molar-refractivity contribution is -0.136. The highest BCUT2D eigenvalue weighted by Gasteiger charge is 2.30. The van der Waals surface area contributed by atoms with Crippen LogP contribution in [0.4, 0.5) is 13.2 Å². The summed E-state index contributed by atoms with van der Waals surface area (Å²) in [6.45, 7) is 2.78. The maximum Gasteiger partial charge on any atom is 0.389 e. The Balaban J connectivity index is 2.14. The van der Waals surface area contributed by atoms with E-state index in [0.29, 0.717) is 5.92 Å². The van der Waals surface area contributed by atoms with Crippen LogP contribution in [-0.2, 0) is 0 Å². The lowest BCUT2D eigenvalue weighted by atomic mass is 9.77. The quantitative estimate of drug-likeness (QED) is 0.717. The topological polar surface area (TPSA) is 12.0 Å². The van der Waals surface area contributed by atoms with E-state index in [1.54, 1.807) is 0 Å². The average molecular weight is 299 g/mol. The van der Waals surface area contributed by atoms with Crippen molar-refractivity contribution in [1.29, 1.82) is 0 Å². The Morgan fingerprint density at radius 1 is 1.24 bits per heavy atom. The van der Waals surface area contributed by atoms with Gasteiger partial charge in [-0.05, 0) is 49.3 Å². The van der Waals surface area contributed by atoms with E-state index in [1.165, 1.54) is 12.0 Å². The molecule has 1 aliphatic carbocycles. The Hall–Kier alpha value is -1.03. The second-order valence-electron chi connectivity index (χ2n) is 5.92. The van der Waals surface area contributed by atoms with Gasteiger partial charge in [0.1, 0.15) is 0 Å². The summed E-state index contributed by atoms with van der Waals surface area (Å²) >= 11 is 0. The molecule has 0 spiro atoms. The van der Waals surface area contributed by atoms with Crippen LogP contribution in [0.5, 0.6) is 0 Å². The fraction of sp³-hybridized carbons (Fsp3) is 0.647. The van der Waals surface area contributed by atoms with Crippen LogP contribution in [0.2, 0.25) is 0 Å². The minimum absolute atomic E-state index is 0.118. The Bertz CT molecular complexity index is 438. The molecule has 2 rings (SSSR count). The molecule has 1 aliphatic rings. The highest BCUT2D eigenvalue weighted by atomic mass is 19.4. The molecule has 1 unspecified atom stereocenters. The summed E-state index contributed by atoms with van der Waals surface area (Å²) < 4.78 is 37.7. The predicted molar refractivity (Wildman–Crippen MR) is 79.4 cm³/mol. The molecular weight excluding hydrogens is 275 g/mol. The van der Waals surface area contributed by atoms with Crippen molar-refractivity contribution in [3.8, 4) is 0 Å². The van der Waals surface area contributed by atoms with Crippen LogP contribution >= 0.6 is 0 Å². The summed E-state index contributed by atoms with van der Waals surface area (Å²) in [7, 11) is 0. The fourth-order valence-corrected chi connectivity index (χ4v) is 2.91. The lowest BCUT2D eigenvalue weighted by Gasteiger charge is -2.31. The highest BCUT2D eigenvalue weighted by molar-refractivity contribution is 5.34. The van der Waals surface area contributed by atoms with Crippen molar-refractivity contribution in [3.63, 3.8) is 0 Å². The van der Waals surface area contributed by atoms with E-state index in [2.05, 4.69) is 11.4 Å². The largest absolute Gasteiger partial charge is 0.389 e. The van der Waals surface area contributed by atoms with Gasteiger partial charge in [-0.3, -0.25) is 0 Å². The van der Waals surface area contributed by atoms with E-state index in [0.717, 1.165) is 31.4 Å². The third kappa shape index (κ3) is 4.73. The Morgan fingerprint density at radius 3 is 2.52 bits per heavy atom. The molecule has 1 nitrogen and oxygen atoms in total. The predicted octanol–water partition coefficient (Wildman–Crippen LogP) is 5.34. The molecule has 21 heavy (non-hydrogen) atoms. The van der Waals surface area contributed by atoms with Crippen LogP contribution in [0.1, 0.15) is 68.5 Å². The van der Waals surface area contributed by atoms with E-state index in [-0.39, 0.29) is 12.5 Å². The summed E-state index contributed by atoms with van der Waals surface area (Å²) in [5.41, 5.74) is 2.32. The Labute approximate surface area is 124 Å². The number of hydrogen-bond donors (Lipinski definition) is 1. The SMILES string of the molecule is CCCNC(CCC(F)(F)F)c1ccccc1C1CCC1. The van der Waals surface area contributed by atoms with Crippen molar-refractivity contribution < 1.29 is 13.2 Å². The molecule has 0 saturated heterocycles. The van der Waals surface area contributed by atoms with Gasteiger partial charge < -0.3 is 5.32 Å². The average Bonchev–Trinajstić information content (AvgIpc) is 2.37. The molecule has 0 heterocycles. The monoisotopic (exact) mass is 299 g/mol. The molecule has 1 N–H and O–H groups in total. The third-order valence-corrected chi connectivity index (χ3v) is 4.27. The molecule has 1 aromatic rings. The van der Waals surface area contributed by atoms with Crippen molar-refractivity contribution in [3.05, 3.63) is 35.4 Å². The molecule has 1 saturated carbocycles. The van der Waals surface area contributed by atoms with E-state index >= 15 is 0 Å². The maximum absolute atomic E-state index is 12.6. The number of benzene rings is 1. The minimum Gasteiger partial charge on any atom is -0.310 e. The number of alkyl halides is 3. The van der Waals surface area contributed by atoms with Gasteiger partial charge in [-0.1, -0.05) is 37.6 Å². The van der Waals surface area contributed by atoms with Crippen molar-refractivity contribution in [2.45, 2.75) is 63.6 Å². The van der Waals surface area contributed by atoms with Gasteiger partial charge in [0.2, 0.25) is 0 Å². The van der Waals surface area contributed by atoms with Gasteiger partial charge in [0.15, 0.2) is 0 Å². The summed E-state index contributed by atoms with van der Waals surface area (Å²) in [5, 5.41) is 3.30. The zero-order valence-corrected chi connectivity index (χ0v) is 12.5. The molecular formula is C17H24F3N. The second kappa shape index (κ2) is 7.30. The molecule has 0 aromatic heterocycles. The normalized spacial score (nSPS) is 17.5. The fourth-order valence-electron chi connectivity index (χ4n) is 2.91. The number of rotatable bonds is 7. The number of halogens is 3. The zero-order valence-electron chi connectivity index (χ0n) is 12.5. The van der Waals surface area contributed by atoms with Gasteiger partial charge in [0, 0.05) is 12.5 Å². The second-order valence-corrected chi connectivity index (χ2v) is 5.92. The van der Waals surface area contributed by atoms with Crippen LogP contribution in [0, 0.1) is 0 Å². The van der Waals surface area contributed by atoms with Gasteiger partial charge in [-0.2, -0.15) is 13.2 Å². The molecule has 0 amide bonds. The maximum atomic E-state index is 12.6. The summed E-state index contributed by atoms with van der Waals surface area (Å²) in [5.74, 6) is 0.540. The van der Waals surface area contributed by atoms with Crippen molar-refractivity contribution in [2.24, 2.45) is 0 Å². The first kappa shape index (κ1) is 16.3. The van der Waals surface area contributed by atoms with E-state index in [1.807, 2.05) is 25.1 Å². The van der Waals surface area contributed by atoms with Crippen molar-refractivity contribution in [2.75, 3.05) is 6.54 Å². The number of nitrogens with one attached hydrogen (secondary N) is 1.